The molecule has 0 spiro atoms. The molecule has 1 saturated carbocycles. The Kier molecular flexibility index (Phi) is 3.87. The highest BCUT2D eigenvalue weighted by Crippen LogP contribution is 2.32. The molecule has 92 valence electrons. The summed E-state index contributed by atoms with van der Waals surface area (Å²) in [4.78, 5) is 12.4. The third-order valence-corrected chi connectivity index (χ3v) is 4.33. The standard InChI is InChI=1S/C14H18BrNO/c1-9-2-4-10(5-3-9)14(17)12-8-11(16)6-7-13(12)15/h6-10H,2-5,16H2,1H3. The van der Waals surface area contributed by atoms with Crippen LogP contribution < -0.4 is 5.73 Å². The SMILES string of the molecule is CC1CCC(C(=O)c2cc(N)ccc2Br)CC1. The highest BCUT2D eigenvalue weighted by molar-refractivity contribution is 9.10. The molecule has 0 heterocycles. The lowest BCUT2D eigenvalue weighted by atomic mass is 9.79. The number of hydrogen-bond donors (Lipinski definition) is 1. The number of nitrogens with two attached hydrogens (primary N) is 1. The lowest BCUT2D eigenvalue weighted by Crippen LogP contribution is -2.21. The van der Waals surface area contributed by atoms with E-state index in [1.54, 1.807) is 6.07 Å². The normalized spacial score (nSPS) is 24.6. The third kappa shape index (κ3) is 2.89. The Balaban J connectivity index is 2.16. The number of rotatable bonds is 2. The van der Waals surface area contributed by atoms with E-state index in [1.165, 1.54) is 0 Å². The van der Waals surface area contributed by atoms with Gasteiger partial charge in [0.15, 0.2) is 5.78 Å². The quantitative estimate of drug-likeness (QED) is 0.661. The Hall–Kier alpha value is -0.830. The largest absolute Gasteiger partial charge is 0.399 e. The summed E-state index contributed by atoms with van der Waals surface area (Å²) < 4.78 is 0.857. The molecule has 0 radical (unpaired) electrons. The zero-order chi connectivity index (χ0) is 12.4. The van der Waals surface area contributed by atoms with Crippen molar-refractivity contribution in [2.45, 2.75) is 32.6 Å². The fraction of sp³-hybridized carbons (Fsp3) is 0.500. The van der Waals surface area contributed by atoms with Crippen molar-refractivity contribution in [2.75, 3.05) is 5.73 Å². The van der Waals surface area contributed by atoms with Gasteiger partial charge in [0.05, 0.1) is 0 Å². The Morgan fingerprint density at radius 1 is 1.29 bits per heavy atom. The summed E-state index contributed by atoms with van der Waals surface area (Å²) in [7, 11) is 0. The van der Waals surface area contributed by atoms with Crippen molar-refractivity contribution in [3.8, 4) is 0 Å². The van der Waals surface area contributed by atoms with Gasteiger partial charge < -0.3 is 5.73 Å². The van der Waals surface area contributed by atoms with E-state index in [4.69, 9.17) is 5.73 Å². The van der Waals surface area contributed by atoms with Crippen LogP contribution in [0.25, 0.3) is 0 Å². The second-order valence-electron chi connectivity index (χ2n) is 5.06. The van der Waals surface area contributed by atoms with Crippen LogP contribution in [0.5, 0.6) is 0 Å². The monoisotopic (exact) mass is 295 g/mol. The Labute approximate surface area is 111 Å². The molecule has 2 rings (SSSR count). The molecular weight excluding hydrogens is 278 g/mol. The minimum atomic E-state index is 0.185. The summed E-state index contributed by atoms with van der Waals surface area (Å²) in [6.07, 6.45) is 4.36. The van der Waals surface area contributed by atoms with Gasteiger partial charge in [-0.15, -0.1) is 0 Å². The number of benzene rings is 1. The number of halogens is 1. The number of nitrogen functional groups attached to an aromatic ring is 1. The Bertz CT molecular complexity index is 422. The number of carbonyl (C=O) groups excluding carboxylic acids is 1. The minimum Gasteiger partial charge on any atom is -0.399 e. The molecule has 1 aromatic carbocycles. The molecule has 0 aromatic heterocycles. The van der Waals surface area contributed by atoms with E-state index < -0.39 is 0 Å². The van der Waals surface area contributed by atoms with Crippen molar-refractivity contribution in [2.24, 2.45) is 11.8 Å². The van der Waals surface area contributed by atoms with Crippen LogP contribution in [0.4, 0.5) is 5.69 Å². The van der Waals surface area contributed by atoms with Crippen LogP contribution in [-0.4, -0.2) is 5.78 Å². The average Bonchev–Trinajstić information content (AvgIpc) is 2.32. The first-order valence-electron chi connectivity index (χ1n) is 6.17. The average molecular weight is 296 g/mol. The summed E-state index contributed by atoms with van der Waals surface area (Å²) in [6.45, 7) is 2.26. The maximum atomic E-state index is 12.4. The van der Waals surface area contributed by atoms with Crippen LogP contribution in [0.15, 0.2) is 22.7 Å². The maximum absolute atomic E-state index is 12.4. The lowest BCUT2D eigenvalue weighted by molar-refractivity contribution is 0.0875. The van der Waals surface area contributed by atoms with Crippen molar-refractivity contribution in [1.29, 1.82) is 0 Å². The predicted molar refractivity (Wildman–Crippen MR) is 74.0 cm³/mol. The van der Waals surface area contributed by atoms with Crippen LogP contribution in [0, 0.1) is 11.8 Å². The van der Waals surface area contributed by atoms with Gasteiger partial charge in [-0.3, -0.25) is 4.79 Å². The number of carbonyl (C=O) groups is 1. The van der Waals surface area contributed by atoms with Crippen molar-refractivity contribution < 1.29 is 4.79 Å². The van der Waals surface area contributed by atoms with Gasteiger partial charge >= 0.3 is 0 Å². The number of hydrogen-bond acceptors (Lipinski definition) is 2. The molecular formula is C14H18BrNO. The van der Waals surface area contributed by atoms with Crippen LogP contribution in [0.1, 0.15) is 43.0 Å². The van der Waals surface area contributed by atoms with E-state index in [9.17, 15) is 4.79 Å². The zero-order valence-electron chi connectivity index (χ0n) is 10.1. The van der Waals surface area contributed by atoms with Gasteiger partial charge in [0.1, 0.15) is 0 Å². The summed E-state index contributed by atoms with van der Waals surface area (Å²) in [5.74, 6) is 1.20. The van der Waals surface area contributed by atoms with Gasteiger partial charge in [-0.2, -0.15) is 0 Å². The van der Waals surface area contributed by atoms with Crippen molar-refractivity contribution in [3.05, 3.63) is 28.2 Å². The fourth-order valence-corrected chi connectivity index (χ4v) is 2.92. The van der Waals surface area contributed by atoms with Gasteiger partial charge in [-0.25, -0.2) is 0 Å². The van der Waals surface area contributed by atoms with E-state index in [0.29, 0.717) is 5.69 Å². The topological polar surface area (TPSA) is 43.1 Å². The minimum absolute atomic E-state index is 0.185. The zero-order valence-corrected chi connectivity index (χ0v) is 11.7. The summed E-state index contributed by atoms with van der Waals surface area (Å²) in [6, 6.07) is 5.45. The fourth-order valence-electron chi connectivity index (χ4n) is 2.47. The summed E-state index contributed by atoms with van der Waals surface area (Å²) in [5.41, 5.74) is 7.14. The van der Waals surface area contributed by atoms with Crippen LogP contribution in [0.2, 0.25) is 0 Å². The van der Waals surface area contributed by atoms with Crippen molar-refractivity contribution in [1.82, 2.24) is 0 Å². The Morgan fingerprint density at radius 3 is 2.59 bits per heavy atom. The molecule has 1 fully saturated rings. The molecule has 0 bridgehead atoms. The van der Waals surface area contributed by atoms with E-state index in [0.717, 1.165) is 41.6 Å². The van der Waals surface area contributed by atoms with Gasteiger partial charge in [-0.1, -0.05) is 35.7 Å². The first-order chi connectivity index (χ1) is 8.08. The maximum Gasteiger partial charge on any atom is 0.167 e. The first kappa shape index (κ1) is 12.6. The van der Waals surface area contributed by atoms with E-state index >= 15 is 0 Å². The molecule has 2 nitrogen and oxygen atoms in total. The first-order valence-corrected chi connectivity index (χ1v) is 6.96. The van der Waals surface area contributed by atoms with Crippen LogP contribution >= 0.6 is 15.9 Å². The van der Waals surface area contributed by atoms with Crippen molar-refractivity contribution in [3.63, 3.8) is 0 Å². The molecule has 0 atom stereocenters. The second-order valence-corrected chi connectivity index (χ2v) is 5.91. The molecule has 1 aliphatic rings. The van der Waals surface area contributed by atoms with Crippen LogP contribution in [0.3, 0.4) is 0 Å². The van der Waals surface area contributed by atoms with Gasteiger partial charge in [0, 0.05) is 21.6 Å². The molecule has 0 saturated heterocycles. The van der Waals surface area contributed by atoms with E-state index in [-0.39, 0.29) is 11.7 Å². The molecule has 17 heavy (non-hydrogen) atoms. The Morgan fingerprint density at radius 2 is 1.94 bits per heavy atom. The van der Waals surface area contributed by atoms with E-state index in [1.807, 2.05) is 12.1 Å². The molecule has 0 aliphatic heterocycles. The smallest absolute Gasteiger partial charge is 0.167 e. The second kappa shape index (κ2) is 5.21. The molecule has 3 heteroatoms. The molecule has 0 amide bonds. The summed E-state index contributed by atoms with van der Waals surface area (Å²) >= 11 is 3.43. The van der Waals surface area contributed by atoms with Crippen molar-refractivity contribution >= 4 is 27.4 Å². The number of Topliss-reactive ketones (excluding diaryl/α,β-unsaturated/α-hetero) is 1. The predicted octanol–water partition coefficient (Wildman–Crippen LogP) is 4.04. The van der Waals surface area contributed by atoms with Crippen LogP contribution in [-0.2, 0) is 0 Å². The highest BCUT2D eigenvalue weighted by atomic mass is 79.9. The van der Waals surface area contributed by atoms with Gasteiger partial charge in [0.2, 0.25) is 0 Å². The number of anilines is 1. The lowest BCUT2D eigenvalue weighted by Gasteiger charge is -2.25. The highest BCUT2D eigenvalue weighted by Gasteiger charge is 2.26. The number of ketones is 1. The van der Waals surface area contributed by atoms with E-state index in [2.05, 4.69) is 22.9 Å². The molecule has 2 N–H and O–H groups in total. The third-order valence-electron chi connectivity index (χ3n) is 3.64. The molecule has 1 aromatic rings. The molecule has 1 aliphatic carbocycles. The molecule has 0 unspecified atom stereocenters. The van der Waals surface area contributed by atoms with Gasteiger partial charge in [-0.05, 0) is 37.0 Å². The summed E-state index contributed by atoms with van der Waals surface area (Å²) in [5, 5.41) is 0. The van der Waals surface area contributed by atoms with Gasteiger partial charge in [0.25, 0.3) is 0 Å².